The first-order valence-electron chi connectivity index (χ1n) is 8.97. The van der Waals surface area contributed by atoms with Crippen LogP contribution in [0.2, 0.25) is 0 Å². The predicted octanol–water partition coefficient (Wildman–Crippen LogP) is 2.17. The van der Waals surface area contributed by atoms with Crippen LogP contribution >= 0.6 is 0 Å². The highest BCUT2D eigenvalue weighted by Crippen LogP contribution is 2.33. The van der Waals surface area contributed by atoms with E-state index in [4.69, 9.17) is 4.63 Å². The van der Waals surface area contributed by atoms with Crippen LogP contribution in [-0.4, -0.2) is 32.4 Å². The Bertz CT molecular complexity index is 1200. The Morgan fingerprint density at radius 2 is 1.63 bits per heavy atom. The van der Waals surface area contributed by atoms with Crippen LogP contribution < -0.4 is 16.1 Å². The molecule has 0 aliphatic rings. The number of benzene rings is 3. The topological polar surface area (TPSA) is 147 Å². The molecule has 0 unspecified atom stereocenters. The molecule has 150 valence electrons. The molecule has 1 aromatic heterocycles. The average Bonchev–Trinajstić information content (AvgIpc) is 3.23. The van der Waals surface area contributed by atoms with E-state index in [-0.39, 0.29) is 16.7 Å². The number of nitrogens with zero attached hydrogens (tertiary/aromatic N) is 3. The Kier molecular flexibility index (Phi) is 5.29. The van der Waals surface area contributed by atoms with E-state index < -0.39 is 12.0 Å². The summed E-state index contributed by atoms with van der Waals surface area (Å²) in [6.45, 7) is 0.502. The molecule has 0 saturated carbocycles. The van der Waals surface area contributed by atoms with E-state index in [1.165, 1.54) is 6.07 Å². The minimum absolute atomic E-state index is 0.0709. The van der Waals surface area contributed by atoms with Crippen molar-refractivity contribution in [3.63, 3.8) is 0 Å². The van der Waals surface area contributed by atoms with Crippen LogP contribution in [0.1, 0.15) is 5.56 Å². The quantitative estimate of drug-likeness (QED) is 0.206. The maximum Gasteiger partial charge on any atom is 0.488 e. The first kappa shape index (κ1) is 19.4. The molecule has 4 aromatic rings. The second-order valence-electron chi connectivity index (χ2n) is 6.49. The number of fused-ring (bicyclic) bond motifs is 1. The van der Waals surface area contributed by atoms with E-state index in [2.05, 4.69) is 20.9 Å². The van der Waals surface area contributed by atoms with E-state index in [9.17, 15) is 20.2 Å². The molecule has 0 saturated heterocycles. The summed E-state index contributed by atoms with van der Waals surface area (Å²) in [6.07, 6.45) is 0. The number of hydrogen-bond acceptors (Lipinski definition) is 9. The minimum Gasteiger partial charge on any atom is -0.423 e. The average molecular weight is 405 g/mol. The van der Waals surface area contributed by atoms with Crippen molar-refractivity contribution in [2.75, 3.05) is 10.6 Å². The van der Waals surface area contributed by atoms with Crippen molar-refractivity contribution in [3.05, 3.63) is 76.3 Å². The third kappa shape index (κ3) is 3.92. The molecule has 0 aliphatic heterocycles. The second-order valence-corrected chi connectivity index (χ2v) is 6.49. The highest BCUT2D eigenvalue weighted by molar-refractivity contribution is 6.58. The first-order valence-corrected chi connectivity index (χ1v) is 8.97. The number of non-ortho nitro benzene ring substituents is 1. The summed E-state index contributed by atoms with van der Waals surface area (Å²) >= 11 is 0. The summed E-state index contributed by atoms with van der Waals surface area (Å²) < 4.78 is 4.70. The van der Waals surface area contributed by atoms with E-state index >= 15 is 0 Å². The Morgan fingerprint density at radius 1 is 0.933 bits per heavy atom. The zero-order chi connectivity index (χ0) is 21.1. The molecular weight excluding hydrogens is 389 g/mol. The Labute approximate surface area is 170 Å². The summed E-state index contributed by atoms with van der Waals surface area (Å²) in [4.78, 5) is 10.6. The molecule has 0 spiro atoms. The van der Waals surface area contributed by atoms with Gasteiger partial charge >= 0.3 is 12.8 Å². The lowest BCUT2D eigenvalue weighted by molar-refractivity contribution is -0.383. The van der Waals surface area contributed by atoms with Crippen LogP contribution in [0.4, 0.5) is 22.7 Å². The first-order chi connectivity index (χ1) is 14.5. The van der Waals surface area contributed by atoms with E-state index in [1.54, 1.807) is 30.3 Å². The summed E-state index contributed by atoms with van der Waals surface area (Å²) in [6, 6.07) is 17.3. The summed E-state index contributed by atoms with van der Waals surface area (Å²) in [5.74, 6) is 0. The van der Waals surface area contributed by atoms with Crippen molar-refractivity contribution in [1.82, 2.24) is 10.3 Å². The fourth-order valence-corrected chi connectivity index (χ4v) is 3.00. The monoisotopic (exact) mass is 405 g/mol. The summed E-state index contributed by atoms with van der Waals surface area (Å²) in [5, 5.41) is 43.5. The number of nitro groups is 1. The van der Waals surface area contributed by atoms with Crippen molar-refractivity contribution in [2.24, 2.45) is 0 Å². The third-order valence-corrected chi connectivity index (χ3v) is 4.55. The molecule has 1 heterocycles. The van der Waals surface area contributed by atoms with Crippen LogP contribution in [0, 0.1) is 10.1 Å². The molecule has 10 nitrogen and oxygen atoms in total. The van der Waals surface area contributed by atoms with Crippen LogP contribution in [0.3, 0.4) is 0 Å². The zero-order valence-corrected chi connectivity index (χ0v) is 15.5. The highest BCUT2D eigenvalue weighted by atomic mass is 16.6. The van der Waals surface area contributed by atoms with Gasteiger partial charge in [0, 0.05) is 12.6 Å². The molecule has 0 radical (unpaired) electrons. The van der Waals surface area contributed by atoms with E-state index in [0.717, 1.165) is 16.9 Å². The predicted molar refractivity (Wildman–Crippen MR) is 112 cm³/mol. The molecule has 4 N–H and O–H groups in total. The molecular formula is C19H16BN5O5. The molecule has 3 aromatic carbocycles. The molecule has 0 aliphatic carbocycles. The van der Waals surface area contributed by atoms with Crippen molar-refractivity contribution in [2.45, 2.75) is 6.54 Å². The normalized spacial score (nSPS) is 10.7. The summed E-state index contributed by atoms with van der Waals surface area (Å²) in [7, 11) is -1.50. The molecule has 4 rings (SSSR count). The van der Waals surface area contributed by atoms with Crippen molar-refractivity contribution in [3.8, 4) is 0 Å². The van der Waals surface area contributed by atoms with Crippen LogP contribution in [0.25, 0.3) is 11.0 Å². The number of anilines is 3. The lowest BCUT2D eigenvalue weighted by Crippen LogP contribution is -2.29. The Hall–Kier alpha value is -3.96. The molecule has 0 atom stereocenters. The SMILES string of the molecule is O=[N+]([O-])c1ccc(Nc2ccccc2NCc2ccc(B(O)O)cc2)c2nonc12. The fraction of sp³-hybridized carbons (Fsp3) is 0.0526. The number of hydrogen-bond donors (Lipinski definition) is 4. The number of nitrogens with one attached hydrogen (secondary N) is 2. The number of nitro benzene ring substituents is 1. The van der Waals surface area contributed by atoms with Gasteiger partial charge in [-0.25, -0.2) is 4.63 Å². The number of para-hydroxylation sites is 2. The van der Waals surface area contributed by atoms with Crippen LogP contribution in [0.15, 0.2) is 65.3 Å². The molecule has 0 fully saturated rings. The molecule has 11 heteroatoms. The molecule has 0 amide bonds. The maximum atomic E-state index is 11.2. The van der Waals surface area contributed by atoms with E-state index in [1.807, 2.05) is 24.3 Å². The van der Waals surface area contributed by atoms with Crippen LogP contribution in [-0.2, 0) is 6.54 Å². The largest absolute Gasteiger partial charge is 0.488 e. The standard InChI is InChI=1S/C19H16BN5O5/c26-20(27)13-7-5-12(6-8-13)11-21-14-3-1-2-4-15(14)22-16-9-10-17(25(28)29)19-18(16)23-30-24-19/h1-10,21-22,26-27H,11H2. The Balaban J connectivity index is 1.55. The van der Waals surface area contributed by atoms with Crippen molar-refractivity contribution >= 4 is 46.4 Å². The Morgan fingerprint density at radius 3 is 2.33 bits per heavy atom. The molecule has 0 bridgehead atoms. The van der Waals surface area contributed by atoms with Gasteiger partial charge in [-0.1, -0.05) is 36.4 Å². The van der Waals surface area contributed by atoms with Gasteiger partial charge in [0.25, 0.3) is 0 Å². The summed E-state index contributed by atoms with van der Waals surface area (Å²) in [5.41, 5.74) is 3.58. The fourth-order valence-electron chi connectivity index (χ4n) is 3.00. The number of aromatic nitrogens is 2. The zero-order valence-electron chi connectivity index (χ0n) is 15.5. The van der Waals surface area contributed by atoms with Gasteiger partial charge in [0.2, 0.25) is 5.52 Å². The lowest BCUT2D eigenvalue weighted by Gasteiger charge is -2.14. The third-order valence-electron chi connectivity index (χ3n) is 4.55. The number of rotatable bonds is 7. The van der Waals surface area contributed by atoms with Gasteiger partial charge in [0.15, 0.2) is 5.52 Å². The smallest absolute Gasteiger partial charge is 0.423 e. The van der Waals surface area contributed by atoms with Crippen molar-refractivity contribution < 1.29 is 19.6 Å². The van der Waals surface area contributed by atoms with E-state index in [0.29, 0.717) is 17.7 Å². The highest BCUT2D eigenvalue weighted by Gasteiger charge is 2.20. The van der Waals surface area contributed by atoms with Crippen molar-refractivity contribution in [1.29, 1.82) is 0 Å². The minimum atomic E-state index is -1.50. The van der Waals surface area contributed by atoms with Gasteiger partial charge in [0.1, 0.15) is 0 Å². The van der Waals surface area contributed by atoms with Gasteiger partial charge in [-0.15, -0.1) is 0 Å². The maximum absolute atomic E-state index is 11.2. The van der Waals surface area contributed by atoms with Gasteiger partial charge in [-0.05, 0) is 39.5 Å². The van der Waals surface area contributed by atoms with Gasteiger partial charge in [-0.2, -0.15) is 0 Å². The molecule has 30 heavy (non-hydrogen) atoms. The van der Waals surface area contributed by atoms with Gasteiger partial charge in [0.05, 0.1) is 22.0 Å². The van der Waals surface area contributed by atoms with Crippen LogP contribution in [0.5, 0.6) is 0 Å². The lowest BCUT2D eigenvalue weighted by atomic mass is 9.80. The van der Waals surface area contributed by atoms with Gasteiger partial charge < -0.3 is 20.7 Å². The second kappa shape index (κ2) is 8.19. The van der Waals surface area contributed by atoms with Gasteiger partial charge in [-0.3, -0.25) is 10.1 Å².